The second kappa shape index (κ2) is 9.09. The molecule has 0 spiro atoms. The number of methoxy groups -OCH3 is 1. The standard InChI is InChI=1S/C24H40O2.C2H6/c1-23-15-5-4-7-17(23)10-12-19-20-13-11-18(8-6-9-22(25)26-3)24(20,2)16-14-21(19)23;1-2/h17-21H,4-16H2,1-3H3;1-2H3/t17?,18?,19-,20?,21?,23?,24?;/m0./s1. The number of fused-ring (bicyclic) bond motifs is 5. The lowest BCUT2D eigenvalue weighted by atomic mass is 9.45. The van der Waals surface area contributed by atoms with Crippen molar-refractivity contribution in [3.8, 4) is 0 Å². The van der Waals surface area contributed by atoms with Gasteiger partial charge < -0.3 is 4.74 Å². The summed E-state index contributed by atoms with van der Waals surface area (Å²) in [6.07, 6.45) is 17.7. The molecule has 0 amide bonds. The topological polar surface area (TPSA) is 26.3 Å². The first-order chi connectivity index (χ1) is 13.5. The second-order valence-electron chi connectivity index (χ2n) is 10.7. The lowest BCUT2D eigenvalue weighted by molar-refractivity contribution is -0.140. The van der Waals surface area contributed by atoms with Gasteiger partial charge in [-0.15, -0.1) is 0 Å². The molecule has 4 fully saturated rings. The van der Waals surface area contributed by atoms with E-state index in [-0.39, 0.29) is 5.97 Å². The van der Waals surface area contributed by atoms with Crippen molar-refractivity contribution in [2.75, 3.05) is 7.11 Å². The van der Waals surface area contributed by atoms with Crippen LogP contribution in [0.4, 0.5) is 0 Å². The van der Waals surface area contributed by atoms with Crippen molar-refractivity contribution in [3.05, 3.63) is 0 Å². The Hall–Kier alpha value is -0.530. The van der Waals surface area contributed by atoms with Crippen LogP contribution < -0.4 is 0 Å². The third kappa shape index (κ3) is 3.79. The van der Waals surface area contributed by atoms with Crippen LogP contribution in [0.15, 0.2) is 0 Å². The highest BCUT2D eigenvalue weighted by Crippen LogP contribution is 2.67. The van der Waals surface area contributed by atoms with Gasteiger partial charge in [0.25, 0.3) is 0 Å². The summed E-state index contributed by atoms with van der Waals surface area (Å²) in [6.45, 7) is 9.30. The molecule has 0 aliphatic heterocycles. The van der Waals surface area contributed by atoms with E-state index < -0.39 is 0 Å². The summed E-state index contributed by atoms with van der Waals surface area (Å²) in [4.78, 5) is 11.5. The minimum absolute atomic E-state index is 0.0306. The molecule has 0 saturated heterocycles. The molecule has 0 aromatic carbocycles. The third-order valence-corrected chi connectivity index (χ3v) is 9.94. The first-order valence-corrected chi connectivity index (χ1v) is 12.6. The van der Waals surface area contributed by atoms with E-state index in [0.29, 0.717) is 17.3 Å². The molecule has 28 heavy (non-hydrogen) atoms. The van der Waals surface area contributed by atoms with Crippen molar-refractivity contribution < 1.29 is 9.53 Å². The van der Waals surface area contributed by atoms with Crippen molar-refractivity contribution in [3.63, 3.8) is 0 Å². The summed E-state index contributed by atoms with van der Waals surface area (Å²) in [6, 6.07) is 0. The van der Waals surface area contributed by atoms with Crippen molar-refractivity contribution in [1.82, 2.24) is 0 Å². The molecule has 0 aromatic rings. The summed E-state index contributed by atoms with van der Waals surface area (Å²) in [7, 11) is 1.51. The quantitative estimate of drug-likeness (QED) is 0.467. The largest absolute Gasteiger partial charge is 0.469 e. The smallest absolute Gasteiger partial charge is 0.305 e. The van der Waals surface area contributed by atoms with E-state index in [2.05, 4.69) is 13.8 Å². The zero-order chi connectivity index (χ0) is 20.4. The fourth-order valence-corrected chi connectivity index (χ4v) is 8.47. The highest BCUT2D eigenvalue weighted by atomic mass is 16.5. The second-order valence-corrected chi connectivity index (χ2v) is 10.7. The van der Waals surface area contributed by atoms with E-state index in [1.807, 2.05) is 13.8 Å². The van der Waals surface area contributed by atoms with Crippen LogP contribution >= 0.6 is 0 Å². The van der Waals surface area contributed by atoms with Crippen molar-refractivity contribution in [2.45, 2.75) is 111 Å². The van der Waals surface area contributed by atoms with Crippen LogP contribution in [-0.2, 0) is 9.53 Å². The molecule has 0 heterocycles. The molecule has 162 valence electrons. The Labute approximate surface area is 174 Å². The molecular formula is C26H46O2. The summed E-state index contributed by atoms with van der Waals surface area (Å²) in [5.74, 6) is 4.81. The number of ether oxygens (including phenoxy) is 1. The maximum absolute atomic E-state index is 11.5. The summed E-state index contributed by atoms with van der Waals surface area (Å²) in [5, 5.41) is 0. The number of rotatable bonds is 4. The van der Waals surface area contributed by atoms with Crippen molar-refractivity contribution in [1.29, 1.82) is 0 Å². The summed E-state index contributed by atoms with van der Waals surface area (Å²) in [5.41, 5.74) is 1.21. The van der Waals surface area contributed by atoms with Gasteiger partial charge in [0, 0.05) is 6.42 Å². The third-order valence-electron chi connectivity index (χ3n) is 9.94. The van der Waals surface area contributed by atoms with Crippen molar-refractivity contribution >= 4 is 5.97 Å². The van der Waals surface area contributed by atoms with Gasteiger partial charge in [0.1, 0.15) is 0 Å². The fourth-order valence-electron chi connectivity index (χ4n) is 8.47. The Morgan fingerprint density at radius 3 is 2.39 bits per heavy atom. The minimum atomic E-state index is -0.0306. The lowest BCUT2D eigenvalue weighted by Crippen LogP contribution is -2.52. The van der Waals surface area contributed by atoms with Crippen LogP contribution in [0.25, 0.3) is 0 Å². The number of hydrogen-bond acceptors (Lipinski definition) is 2. The molecule has 4 saturated carbocycles. The van der Waals surface area contributed by atoms with Gasteiger partial charge >= 0.3 is 5.97 Å². The van der Waals surface area contributed by atoms with E-state index in [9.17, 15) is 4.79 Å². The number of carbonyl (C=O) groups is 1. The van der Waals surface area contributed by atoms with E-state index in [4.69, 9.17) is 4.74 Å². The fraction of sp³-hybridized carbons (Fsp3) is 0.962. The maximum Gasteiger partial charge on any atom is 0.305 e. The molecule has 2 nitrogen and oxygen atoms in total. The molecule has 2 heteroatoms. The molecule has 4 rings (SSSR count). The molecule has 7 atom stereocenters. The van der Waals surface area contributed by atoms with E-state index in [1.54, 1.807) is 0 Å². The molecule has 0 N–H and O–H groups in total. The molecule has 0 bridgehead atoms. The Bertz CT molecular complexity index is 529. The molecule has 4 aliphatic rings. The number of esters is 1. The minimum Gasteiger partial charge on any atom is -0.469 e. The molecular weight excluding hydrogens is 344 g/mol. The van der Waals surface area contributed by atoms with E-state index in [1.165, 1.54) is 77.7 Å². The van der Waals surface area contributed by atoms with Gasteiger partial charge in [-0.25, -0.2) is 0 Å². The van der Waals surface area contributed by atoms with E-state index in [0.717, 1.165) is 36.0 Å². The highest BCUT2D eigenvalue weighted by molar-refractivity contribution is 5.68. The van der Waals surface area contributed by atoms with Gasteiger partial charge in [0.15, 0.2) is 0 Å². The molecule has 6 unspecified atom stereocenters. The van der Waals surface area contributed by atoms with Gasteiger partial charge in [0.2, 0.25) is 0 Å². The van der Waals surface area contributed by atoms with Crippen LogP contribution in [0.3, 0.4) is 0 Å². The van der Waals surface area contributed by atoms with Gasteiger partial charge in [-0.2, -0.15) is 0 Å². The monoisotopic (exact) mass is 390 g/mol. The zero-order valence-electron chi connectivity index (χ0n) is 19.4. The van der Waals surface area contributed by atoms with Crippen LogP contribution in [0.2, 0.25) is 0 Å². The Morgan fingerprint density at radius 2 is 1.64 bits per heavy atom. The first-order valence-electron chi connectivity index (χ1n) is 12.6. The van der Waals surface area contributed by atoms with Crippen LogP contribution in [0, 0.1) is 40.4 Å². The zero-order valence-corrected chi connectivity index (χ0v) is 19.4. The van der Waals surface area contributed by atoms with Crippen LogP contribution in [0.1, 0.15) is 111 Å². The average Bonchev–Trinajstić information content (AvgIpc) is 3.05. The predicted octanol–water partition coefficient (Wildman–Crippen LogP) is 7.40. The first kappa shape index (κ1) is 22.2. The van der Waals surface area contributed by atoms with Gasteiger partial charge in [-0.3, -0.25) is 4.79 Å². The summed E-state index contributed by atoms with van der Waals surface area (Å²) < 4.78 is 4.84. The highest BCUT2D eigenvalue weighted by Gasteiger charge is 2.59. The lowest BCUT2D eigenvalue weighted by Gasteiger charge is -2.60. The Morgan fingerprint density at radius 1 is 0.893 bits per heavy atom. The number of carbonyl (C=O) groups excluding carboxylic acids is 1. The molecule has 4 aliphatic carbocycles. The van der Waals surface area contributed by atoms with Crippen molar-refractivity contribution in [2.24, 2.45) is 40.4 Å². The maximum atomic E-state index is 11.5. The Balaban J connectivity index is 0.00000109. The Kier molecular flexibility index (Phi) is 7.19. The SMILES string of the molecule is CC.COC(=O)CCCC1CCC2[C@@H]3CCC4CCCCC4(C)C3CCC12C. The normalized spacial score (nSPS) is 44.4. The summed E-state index contributed by atoms with van der Waals surface area (Å²) >= 11 is 0. The van der Waals surface area contributed by atoms with Crippen LogP contribution in [0.5, 0.6) is 0 Å². The van der Waals surface area contributed by atoms with Gasteiger partial charge in [0.05, 0.1) is 7.11 Å². The average molecular weight is 391 g/mol. The molecule has 0 aromatic heterocycles. The molecule has 0 radical (unpaired) electrons. The van der Waals surface area contributed by atoms with E-state index >= 15 is 0 Å². The van der Waals surface area contributed by atoms with Crippen LogP contribution in [-0.4, -0.2) is 13.1 Å². The predicted molar refractivity (Wildman–Crippen MR) is 117 cm³/mol. The van der Waals surface area contributed by atoms with Gasteiger partial charge in [-0.05, 0) is 105 Å². The van der Waals surface area contributed by atoms with Gasteiger partial charge in [-0.1, -0.05) is 40.5 Å². The number of hydrogen-bond donors (Lipinski definition) is 0.